The molecule has 3 fully saturated rings. The summed E-state index contributed by atoms with van der Waals surface area (Å²) in [6.07, 6.45) is 7.65. The van der Waals surface area contributed by atoms with Crippen molar-refractivity contribution in [2.75, 3.05) is 31.7 Å². The molecule has 0 bridgehead atoms. The van der Waals surface area contributed by atoms with Crippen molar-refractivity contribution in [1.82, 2.24) is 9.97 Å². The summed E-state index contributed by atoms with van der Waals surface area (Å²) in [5.74, 6) is 3.98. The molecule has 0 unspecified atom stereocenters. The van der Waals surface area contributed by atoms with Crippen LogP contribution < -0.4 is 19.1 Å². The van der Waals surface area contributed by atoms with Gasteiger partial charge in [-0.2, -0.15) is 4.98 Å². The van der Waals surface area contributed by atoms with E-state index >= 15 is 0 Å². The number of methoxy groups -OCH3 is 1. The zero-order valence-corrected chi connectivity index (χ0v) is 20.5. The molecule has 34 heavy (non-hydrogen) atoms. The third-order valence-corrected chi connectivity index (χ3v) is 7.47. The van der Waals surface area contributed by atoms with Gasteiger partial charge >= 0.3 is 0 Å². The van der Waals surface area contributed by atoms with Crippen molar-refractivity contribution in [3.05, 3.63) is 36.2 Å². The van der Waals surface area contributed by atoms with E-state index in [1.54, 1.807) is 13.4 Å². The van der Waals surface area contributed by atoms with Crippen LogP contribution in [0.4, 0.5) is 5.82 Å². The van der Waals surface area contributed by atoms with Crippen molar-refractivity contribution >= 4 is 11.6 Å². The maximum atomic E-state index is 12.4. The minimum absolute atomic E-state index is 0.0535. The van der Waals surface area contributed by atoms with E-state index in [0.717, 1.165) is 43.9 Å². The predicted molar refractivity (Wildman–Crippen MR) is 130 cm³/mol. The maximum Gasteiger partial charge on any atom is 0.262 e. The van der Waals surface area contributed by atoms with Crippen molar-refractivity contribution in [1.29, 1.82) is 0 Å². The molecule has 1 aliphatic heterocycles. The van der Waals surface area contributed by atoms with E-state index in [4.69, 9.17) is 14.2 Å². The van der Waals surface area contributed by atoms with Crippen molar-refractivity contribution in [2.45, 2.75) is 64.4 Å². The Labute approximate surface area is 201 Å². The molecule has 1 saturated heterocycles. The molecule has 182 valence electrons. The van der Waals surface area contributed by atoms with Gasteiger partial charge in [0.2, 0.25) is 5.75 Å². The van der Waals surface area contributed by atoms with Crippen LogP contribution in [0, 0.1) is 11.3 Å². The molecule has 5 rings (SSSR count). The Morgan fingerprint density at radius 2 is 1.94 bits per heavy atom. The fraction of sp³-hybridized carbons (Fsp3) is 0.593. The first-order chi connectivity index (χ1) is 16.4. The van der Waals surface area contributed by atoms with Crippen LogP contribution in [0.3, 0.4) is 0 Å². The highest BCUT2D eigenvalue weighted by Gasteiger charge is 2.44. The molecule has 0 radical (unpaired) electrons. The van der Waals surface area contributed by atoms with Gasteiger partial charge in [-0.05, 0) is 55.2 Å². The normalized spacial score (nSPS) is 21.7. The second-order valence-electron chi connectivity index (χ2n) is 10.4. The highest BCUT2D eigenvalue weighted by molar-refractivity contribution is 5.87. The number of benzene rings is 1. The van der Waals surface area contributed by atoms with Gasteiger partial charge in [-0.25, -0.2) is 4.98 Å². The molecule has 2 aromatic rings. The fourth-order valence-electron chi connectivity index (χ4n) is 4.53. The number of rotatable bonds is 11. The van der Waals surface area contributed by atoms with Gasteiger partial charge in [0.05, 0.1) is 20.3 Å². The Balaban J connectivity index is 1.17. The van der Waals surface area contributed by atoms with Crippen LogP contribution in [0.5, 0.6) is 17.4 Å². The number of anilines is 1. The summed E-state index contributed by atoms with van der Waals surface area (Å²) in [5.41, 5.74) is 1.13. The lowest BCUT2D eigenvalue weighted by Gasteiger charge is -2.21. The number of Topliss-reactive ketones (excluding diaryl/α,β-unsaturated/α-hetero) is 1. The molecule has 0 N–H and O–H groups in total. The lowest BCUT2D eigenvalue weighted by molar-refractivity contribution is -0.123. The number of hydrogen-bond donors (Lipinski definition) is 0. The van der Waals surface area contributed by atoms with E-state index in [2.05, 4.69) is 40.8 Å². The minimum atomic E-state index is -0.0535. The van der Waals surface area contributed by atoms with E-state index in [9.17, 15) is 4.79 Å². The van der Waals surface area contributed by atoms with Gasteiger partial charge in [0.25, 0.3) is 5.88 Å². The second-order valence-corrected chi connectivity index (χ2v) is 10.4. The quantitative estimate of drug-likeness (QED) is 0.472. The third-order valence-electron chi connectivity index (χ3n) is 7.47. The van der Waals surface area contributed by atoms with Gasteiger partial charge in [0.1, 0.15) is 24.0 Å². The lowest BCUT2D eigenvalue weighted by Crippen LogP contribution is -2.26. The first-order valence-electron chi connectivity index (χ1n) is 12.5. The molecule has 1 aromatic heterocycles. The highest BCUT2D eigenvalue weighted by atomic mass is 16.5. The molecule has 3 aliphatic rings. The van der Waals surface area contributed by atoms with Crippen LogP contribution in [0.15, 0.2) is 30.6 Å². The first-order valence-corrected chi connectivity index (χ1v) is 12.5. The topological polar surface area (TPSA) is 73.8 Å². The van der Waals surface area contributed by atoms with E-state index in [-0.39, 0.29) is 17.4 Å². The standard InChI is InChI=1S/C27H35N3O4/c1-18(14-23(31)27(2)11-12-27)20-6-8-21(9-7-20)34-22-10-13-30(15-22)25-24(32-3)26(29-17-28-25)33-16-19-4-5-19/h6-9,17-19,22H,4-5,10-16H2,1-3H3/t18-,22-/m1/s1. The van der Waals surface area contributed by atoms with Crippen LogP contribution in [0.2, 0.25) is 0 Å². The molecule has 2 atom stereocenters. The van der Waals surface area contributed by atoms with E-state index in [1.807, 2.05) is 12.1 Å². The van der Waals surface area contributed by atoms with E-state index < -0.39 is 0 Å². The summed E-state index contributed by atoms with van der Waals surface area (Å²) >= 11 is 0. The lowest BCUT2D eigenvalue weighted by atomic mass is 9.90. The molecule has 1 aromatic carbocycles. The Morgan fingerprint density at radius 3 is 2.62 bits per heavy atom. The molecule has 2 aliphatic carbocycles. The summed E-state index contributed by atoms with van der Waals surface area (Å²) in [6.45, 7) is 6.45. The summed E-state index contributed by atoms with van der Waals surface area (Å²) in [6, 6.07) is 8.22. The molecule has 0 spiro atoms. The molecule has 0 amide bonds. The number of nitrogens with zero attached hydrogens (tertiary/aromatic N) is 3. The van der Waals surface area contributed by atoms with Crippen molar-refractivity contribution in [3.8, 4) is 17.4 Å². The van der Waals surface area contributed by atoms with Crippen molar-refractivity contribution < 1.29 is 19.0 Å². The Morgan fingerprint density at radius 1 is 1.18 bits per heavy atom. The Bertz CT molecular complexity index is 1020. The fourth-order valence-corrected chi connectivity index (χ4v) is 4.53. The van der Waals surface area contributed by atoms with E-state index in [0.29, 0.717) is 36.4 Å². The van der Waals surface area contributed by atoms with Crippen LogP contribution in [-0.4, -0.2) is 48.7 Å². The van der Waals surface area contributed by atoms with Gasteiger partial charge in [0, 0.05) is 24.8 Å². The zero-order chi connectivity index (χ0) is 23.7. The highest BCUT2D eigenvalue weighted by Crippen LogP contribution is 2.47. The van der Waals surface area contributed by atoms with Crippen LogP contribution in [0.25, 0.3) is 0 Å². The number of ketones is 1. The second kappa shape index (κ2) is 9.43. The number of hydrogen-bond acceptors (Lipinski definition) is 7. The van der Waals surface area contributed by atoms with Gasteiger partial charge in [-0.1, -0.05) is 26.0 Å². The molecule has 7 nitrogen and oxygen atoms in total. The molecule has 2 saturated carbocycles. The van der Waals surface area contributed by atoms with E-state index in [1.165, 1.54) is 18.4 Å². The predicted octanol–water partition coefficient (Wildman–Crippen LogP) is 4.79. The molecule has 7 heteroatoms. The van der Waals surface area contributed by atoms with Crippen LogP contribution in [-0.2, 0) is 4.79 Å². The summed E-state index contributed by atoms with van der Waals surface area (Å²) < 4.78 is 17.8. The molecule has 2 heterocycles. The summed E-state index contributed by atoms with van der Waals surface area (Å²) in [5, 5.41) is 0. The summed E-state index contributed by atoms with van der Waals surface area (Å²) in [7, 11) is 1.64. The summed E-state index contributed by atoms with van der Waals surface area (Å²) in [4.78, 5) is 23.4. The molecular formula is C27H35N3O4. The molecular weight excluding hydrogens is 430 g/mol. The van der Waals surface area contributed by atoms with Gasteiger partial charge in [-0.15, -0.1) is 0 Å². The SMILES string of the molecule is COc1c(OCC2CC2)ncnc1N1CC[C@@H](Oc2ccc([C@H](C)CC(=O)C3(C)CC3)cc2)C1. The zero-order valence-electron chi connectivity index (χ0n) is 20.5. The van der Waals surface area contributed by atoms with Crippen LogP contribution >= 0.6 is 0 Å². The smallest absolute Gasteiger partial charge is 0.262 e. The third kappa shape index (κ3) is 5.13. The minimum Gasteiger partial charge on any atom is -0.489 e. The van der Waals surface area contributed by atoms with Crippen molar-refractivity contribution in [2.24, 2.45) is 11.3 Å². The van der Waals surface area contributed by atoms with Crippen LogP contribution in [0.1, 0.15) is 63.9 Å². The Hall–Kier alpha value is -2.83. The van der Waals surface area contributed by atoms with Gasteiger partial charge in [0.15, 0.2) is 5.82 Å². The number of carbonyl (C=O) groups is 1. The van der Waals surface area contributed by atoms with Gasteiger partial charge in [-0.3, -0.25) is 4.79 Å². The number of ether oxygens (including phenoxy) is 3. The average Bonchev–Trinajstić information content (AvgIpc) is 3.77. The largest absolute Gasteiger partial charge is 0.489 e. The van der Waals surface area contributed by atoms with Crippen molar-refractivity contribution in [3.63, 3.8) is 0 Å². The number of carbonyl (C=O) groups excluding carboxylic acids is 1. The first kappa shape index (κ1) is 22.9. The van der Waals surface area contributed by atoms with Gasteiger partial charge < -0.3 is 19.1 Å². The Kier molecular flexibility index (Phi) is 6.36. The monoisotopic (exact) mass is 465 g/mol. The number of aromatic nitrogens is 2. The maximum absolute atomic E-state index is 12.4. The average molecular weight is 466 g/mol.